The lowest BCUT2D eigenvalue weighted by Crippen LogP contribution is -2.29. The first kappa shape index (κ1) is 16.6. The van der Waals surface area contributed by atoms with Crippen LogP contribution in [0.1, 0.15) is 44.2 Å². The molecule has 2 aliphatic rings. The van der Waals surface area contributed by atoms with Crippen LogP contribution >= 0.6 is 12.2 Å². The molecule has 3 heterocycles. The minimum Gasteiger partial charge on any atom is -0.457 e. The van der Waals surface area contributed by atoms with E-state index in [0.29, 0.717) is 18.9 Å². The fourth-order valence-corrected chi connectivity index (χ4v) is 2.92. The topological polar surface area (TPSA) is 85.6 Å². The van der Waals surface area contributed by atoms with E-state index in [-0.39, 0.29) is 29.0 Å². The van der Waals surface area contributed by atoms with Crippen LogP contribution in [0.4, 0.5) is 0 Å². The third kappa shape index (κ3) is 4.63. The van der Waals surface area contributed by atoms with Crippen LogP contribution in [0.3, 0.4) is 0 Å². The van der Waals surface area contributed by atoms with Gasteiger partial charge in [-0.2, -0.15) is 0 Å². The van der Waals surface area contributed by atoms with E-state index < -0.39 is 6.29 Å². The van der Waals surface area contributed by atoms with Gasteiger partial charge in [-0.25, -0.2) is 0 Å². The molecule has 7 nitrogen and oxygen atoms in total. The van der Waals surface area contributed by atoms with E-state index in [1.54, 1.807) is 0 Å². The number of ether oxygens (including phenoxy) is 4. The van der Waals surface area contributed by atoms with E-state index in [1.807, 2.05) is 0 Å². The zero-order valence-corrected chi connectivity index (χ0v) is 13.8. The third-order valence-electron chi connectivity index (χ3n) is 3.91. The Morgan fingerprint density at radius 2 is 1.74 bits per heavy atom. The second-order valence-corrected chi connectivity index (χ2v) is 6.15. The zero-order valence-electron chi connectivity index (χ0n) is 13.0. The summed E-state index contributed by atoms with van der Waals surface area (Å²) in [4.78, 5) is 17.7. The standard InChI is InChI=1S/C15H22N2O5S/c18-14-13(22-12-6-2-4-8-20-12)10(16-15(23)17-14)9-21-11-5-1-3-7-19-11/h11-12H,1-9H2,(H2,16,17,18,23). The summed E-state index contributed by atoms with van der Waals surface area (Å²) in [6.45, 7) is 1.53. The van der Waals surface area contributed by atoms with Crippen LogP contribution in [-0.4, -0.2) is 35.8 Å². The van der Waals surface area contributed by atoms with E-state index in [1.165, 1.54) is 0 Å². The van der Waals surface area contributed by atoms with Gasteiger partial charge in [0.25, 0.3) is 5.56 Å². The van der Waals surface area contributed by atoms with Crippen LogP contribution in [0.15, 0.2) is 4.79 Å². The van der Waals surface area contributed by atoms with Crippen molar-refractivity contribution in [2.45, 2.75) is 57.7 Å². The van der Waals surface area contributed by atoms with Crippen molar-refractivity contribution in [2.24, 2.45) is 0 Å². The Morgan fingerprint density at radius 3 is 2.39 bits per heavy atom. The van der Waals surface area contributed by atoms with Gasteiger partial charge in [0.15, 0.2) is 17.4 Å². The number of aromatic nitrogens is 2. The quantitative estimate of drug-likeness (QED) is 0.799. The second kappa shape index (κ2) is 8.05. The van der Waals surface area contributed by atoms with Gasteiger partial charge in [0.1, 0.15) is 0 Å². The highest BCUT2D eigenvalue weighted by atomic mass is 32.1. The molecule has 0 spiro atoms. The lowest BCUT2D eigenvalue weighted by molar-refractivity contribution is -0.170. The number of rotatable bonds is 5. The molecule has 1 aromatic heterocycles. The van der Waals surface area contributed by atoms with Gasteiger partial charge < -0.3 is 23.9 Å². The summed E-state index contributed by atoms with van der Waals surface area (Å²) in [6, 6.07) is 0. The van der Waals surface area contributed by atoms with Crippen LogP contribution in [-0.2, 0) is 20.8 Å². The summed E-state index contributed by atoms with van der Waals surface area (Å²) in [6.07, 6.45) is 5.14. The van der Waals surface area contributed by atoms with E-state index in [2.05, 4.69) is 9.97 Å². The molecule has 23 heavy (non-hydrogen) atoms. The lowest BCUT2D eigenvalue weighted by atomic mass is 10.2. The Bertz CT molecular complexity index is 617. The highest BCUT2D eigenvalue weighted by Crippen LogP contribution is 2.21. The number of hydrogen-bond donors (Lipinski definition) is 2. The molecule has 2 atom stereocenters. The van der Waals surface area contributed by atoms with Crippen molar-refractivity contribution in [3.8, 4) is 5.75 Å². The first-order valence-corrected chi connectivity index (χ1v) is 8.50. The van der Waals surface area contributed by atoms with Crippen LogP contribution in [0.2, 0.25) is 0 Å². The molecular weight excluding hydrogens is 320 g/mol. The Labute approximate surface area is 139 Å². The van der Waals surface area contributed by atoms with Crippen molar-refractivity contribution in [1.82, 2.24) is 9.97 Å². The van der Waals surface area contributed by atoms with Gasteiger partial charge in [0.05, 0.1) is 18.9 Å². The van der Waals surface area contributed by atoms with Crippen LogP contribution in [0.25, 0.3) is 0 Å². The number of H-pyrrole nitrogens is 2. The molecule has 2 saturated heterocycles. The zero-order chi connectivity index (χ0) is 16.1. The Morgan fingerprint density at radius 1 is 1.04 bits per heavy atom. The SMILES string of the molecule is O=c1[nH]c(=S)[nH]c(COC2CCCCO2)c1OC1CCCCO1. The maximum absolute atomic E-state index is 12.2. The largest absolute Gasteiger partial charge is 0.457 e. The van der Waals surface area contributed by atoms with Gasteiger partial charge in [0.2, 0.25) is 5.75 Å². The van der Waals surface area contributed by atoms with Gasteiger partial charge in [-0.15, -0.1) is 0 Å². The molecule has 2 fully saturated rings. The molecule has 0 radical (unpaired) electrons. The molecule has 0 saturated carbocycles. The fraction of sp³-hybridized carbons (Fsp3) is 0.733. The van der Waals surface area contributed by atoms with Crippen molar-refractivity contribution < 1.29 is 18.9 Å². The van der Waals surface area contributed by atoms with Gasteiger partial charge in [0, 0.05) is 13.0 Å². The minimum atomic E-state index is -0.404. The molecule has 0 aromatic carbocycles. The van der Waals surface area contributed by atoms with Crippen molar-refractivity contribution in [2.75, 3.05) is 13.2 Å². The Kier molecular flexibility index (Phi) is 5.82. The Hall–Kier alpha value is -1.22. The average molecular weight is 342 g/mol. The molecule has 128 valence electrons. The Balaban J connectivity index is 1.71. The predicted molar refractivity (Wildman–Crippen MR) is 84.8 cm³/mol. The summed E-state index contributed by atoms with van der Waals surface area (Å²) in [5.41, 5.74) is 0.146. The van der Waals surface area contributed by atoms with Crippen LogP contribution < -0.4 is 10.3 Å². The fourth-order valence-electron chi connectivity index (χ4n) is 2.70. The van der Waals surface area contributed by atoms with E-state index >= 15 is 0 Å². The molecule has 0 bridgehead atoms. The average Bonchev–Trinajstić information content (AvgIpc) is 2.57. The lowest BCUT2D eigenvalue weighted by Gasteiger charge is -2.25. The number of aromatic amines is 2. The molecule has 2 N–H and O–H groups in total. The van der Waals surface area contributed by atoms with E-state index in [4.69, 9.17) is 31.2 Å². The molecule has 3 rings (SSSR count). The van der Waals surface area contributed by atoms with Gasteiger partial charge >= 0.3 is 0 Å². The molecule has 0 amide bonds. The molecule has 2 unspecified atom stereocenters. The normalized spacial score (nSPS) is 25.2. The van der Waals surface area contributed by atoms with Gasteiger partial charge in [-0.3, -0.25) is 9.78 Å². The van der Waals surface area contributed by atoms with Crippen molar-refractivity contribution in [3.63, 3.8) is 0 Å². The van der Waals surface area contributed by atoms with Gasteiger partial charge in [-0.05, 0) is 44.3 Å². The molecule has 1 aromatic rings. The maximum atomic E-state index is 12.2. The first-order valence-electron chi connectivity index (χ1n) is 8.09. The smallest absolute Gasteiger partial charge is 0.294 e. The highest BCUT2D eigenvalue weighted by Gasteiger charge is 2.21. The minimum absolute atomic E-state index is 0.181. The number of nitrogens with one attached hydrogen (secondary N) is 2. The predicted octanol–water partition coefficient (Wildman–Crippen LogP) is 2.38. The summed E-state index contributed by atoms with van der Waals surface area (Å²) in [5, 5.41) is 0. The summed E-state index contributed by atoms with van der Waals surface area (Å²) in [5.74, 6) is 0.182. The summed E-state index contributed by atoms with van der Waals surface area (Å²) >= 11 is 5.04. The third-order valence-corrected chi connectivity index (χ3v) is 4.11. The van der Waals surface area contributed by atoms with Crippen LogP contribution in [0, 0.1) is 4.77 Å². The van der Waals surface area contributed by atoms with Crippen molar-refractivity contribution in [3.05, 3.63) is 20.8 Å². The molecule has 2 aliphatic heterocycles. The summed E-state index contributed by atoms with van der Waals surface area (Å²) < 4.78 is 22.8. The van der Waals surface area contributed by atoms with Crippen molar-refractivity contribution >= 4 is 12.2 Å². The number of hydrogen-bond acceptors (Lipinski definition) is 6. The first-order chi connectivity index (χ1) is 11.2. The van der Waals surface area contributed by atoms with Crippen molar-refractivity contribution in [1.29, 1.82) is 0 Å². The van der Waals surface area contributed by atoms with Gasteiger partial charge in [-0.1, -0.05) is 0 Å². The highest BCUT2D eigenvalue weighted by molar-refractivity contribution is 7.71. The second-order valence-electron chi connectivity index (χ2n) is 5.74. The maximum Gasteiger partial charge on any atom is 0.294 e. The monoisotopic (exact) mass is 342 g/mol. The molecular formula is C15H22N2O5S. The van der Waals surface area contributed by atoms with Crippen LogP contribution in [0.5, 0.6) is 5.75 Å². The van der Waals surface area contributed by atoms with E-state index in [0.717, 1.165) is 38.5 Å². The molecule has 0 aliphatic carbocycles. The molecule has 8 heteroatoms. The van der Waals surface area contributed by atoms with E-state index in [9.17, 15) is 4.79 Å². The summed E-state index contributed by atoms with van der Waals surface area (Å²) in [7, 11) is 0.